The molecule has 1 amide bonds. The third-order valence-corrected chi connectivity index (χ3v) is 5.05. The molecule has 1 unspecified atom stereocenters. The van der Waals surface area contributed by atoms with Crippen LogP contribution in [0.25, 0.3) is 0 Å². The number of nitrogens with zero attached hydrogens (tertiary/aromatic N) is 1. The lowest BCUT2D eigenvalue weighted by molar-refractivity contribution is -0.145. The summed E-state index contributed by atoms with van der Waals surface area (Å²) >= 11 is 7.61. The second-order valence-corrected chi connectivity index (χ2v) is 6.59. The van der Waals surface area contributed by atoms with E-state index in [0.29, 0.717) is 36.7 Å². The van der Waals surface area contributed by atoms with Gasteiger partial charge in [-0.15, -0.1) is 11.8 Å². The van der Waals surface area contributed by atoms with E-state index in [1.54, 1.807) is 16.7 Å². The van der Waals surface area contributed by atoms with E-state index in [1.165, 1.54) is 0 Å². The summed E-state index contributed by atoms with van der Waals surface area (Å²) in [6.07, 6.45) is 1.83. The van der Waals surface area contributed by atoms with Gasteiger partial charge < -0.3 is 10.0 Å². The summed E-state index contributed by atoms with van der Waals surface area (Å²) in [6.45, 7) is 1.00. The number of hydrogen-bond donors (Lipinski definition) is 1. The smallest absolute Gasteiger partial charge is 0.308 e. The van der Waals surface area contributed by atoms with Crippen LogP contribution >= 0.6 is 23.4 Å². The zero-order chi connectivity index (χ0) is 15.2. The minimum Gasteiger partial charge on any atom is -0.481 e. The molecule has 0 aromatic heterocycles. The molecule has 6 heteroatoms. The lowest BCUT2D eigenvalue weighted by Gasteiger charge is -2.30. The Kier molecular flexibility index (Phi) is 5.94. The molecule has 1 heterocycles. The largest absolute Gasteiger partial charge is 0.481 e. The summed E-state index contributed by atoms with van der Waals surface area (Å²) in [5.41, 5.74) is 0. The van der Waals surface area contributed by atoms with Crippen molar-refractivity contribution in [2.24, 2.45) is 5.92 Å². The van der Waals surface area contributed by atoms with Crippen LogP contribution in [0.1, 0.15) is 19.3 Å². The summed E-state index contributed by atoms with van der Waals surface area (Å²) < 4.78 is 0. The van der Waals surface area contributed by atoms with Crippen LogP contribution < -0.4 is 0 Å². The molecule has 0 spiro atoms. The monoisotopic (exact) mass is 327 g/mol. The summed E-state index contributed by atoms with van der Waals surface area (Å²) in [4.78, 5) is 25.8. The molecule has 2 rings (SSSR count). The average Bonchev–Trinajstić information content (AvgIpc) is 2.49. The first-order valence-electron chi connectivity index (χ1n) is 6.96. The predicted molar refractivity (Wildman–Crippen MR) is 83.7 cm³/mol. The quantitative estimate of drug-likeness (QED) is 0.844. The summed E-state index contributed by atoms with van der Waals surface area (Å²) in [6, 6.07) is 7.54. The minimum atomic E-state index is -0.807. The van der Waals surface area contributed by atoms with Gasteiger partial charge in [0.05, 0.1) is 10.9 Å². The Morgan fingerprint density at radius 2 is 2.14 bits per heavy atom. The van der Waals surface area contributed by atoms with Crippen molar-refractivity contribution < 1.29 is 14.7 Å². The molecule has 0 bridgehead atoms. The summed E-state index contributed by atoms with van der Waals surface area (Å²) in [5, 5.41) is 9.73. The first-order valence-corrected chi connectivity index (χ1v) is 8.32. The summed E-state index contributed by atoms with van der Waals surface area (Å²) in [7, 11) is 0. The van der Waals surface area contributed by atoms with Crippen molar-refractivity contribution in [2.75, 3.05) is 18.8 Å². The van der Waals surface area contributed by atoms with E-state index >= 15 is 0 Å². The fourth-order valence-corrected chi connectivity index (χ4v) is 3.55. The van der Waals surface area contributed by atoms with Gasteiger partial charge in [-0.25, -0.2) is 0 Å². The van der Waals surface area contributed by atoms with Crippen molar-refractivity contribution in [3.8, 4) is 0 Å². The number of carbonyl (C=O) groups is 2. The number of piperidine rings is 1. The van der Waals surface area contributed by atoms with Crippen LogP contribution in [-0.4, -0.2) is 40.7 Å². The van der Waals surface area contributed by atoms with E-state index in [9.17, 15) is 9.59 Å². The highest BCUT2D eigenvalue weighted by molar-refractivity contribution is 7.99. The van der Waals surface area contributed by atoms with Crippen molar-refractivity contribution in [3.63, 3.8) is 0 Å². The normalized spacial score (nSPS) is 18.5. The van der Waals surface area contributed by atoms with Gasteiger partial charge in [0.15, 0.2) is 0 Å². The Morgan fingerprint density at radius 1 is 1.38 bits per heavy atom. The number of hydrogen-bond acceptors (Lipinski definition) is 3. The predicted octanol–water partition coefficient (Wildman–Crippen LogP) is 3.15. The summed E-state index contributed by atoms with van der Waals surface area (Å²) in [5.74, 6) is -0.547. The van der Waals surface area contributed by atoms with E-state index in [4.69, 9.17) is 16.7 Å². The molecule has 1 aromatic carbocycles. The Bertz CT molecular complexity index is 523. The van der Waals surface area contributed by atoms with Crippen LogP contribution in [0.5, 0.6) is 0 Å². The van der Waals surface area contributed by atoms with Crippen LogP contribution in [0.3, 0.4) is 0 Å². The second kappa shape index (κ2) is 7.71. The molecule has 0 radical (unpaired) electrons. The molecule has 4 nitrogen and oxygen atoms in total. The molecule has 1 aliphatic heterocycles. The van der Waals surface area contributed by atoms with Gasteiger partial charge in [-0.1, -0.05) is 23.7 Å². The molecular weight excluding hydrogens is 310 g/mol. The van der Waals surface area contributed by atoms with Crippen LogP contribution in [0.2, 0.25) is 5.02 Å². The fourth-order valence-electron chi connectivity index (χ4n) is 2.37. The second-order valence-electron chi connectivity index (χ2n) is 5.05. The fraction of sp³-hybridized carbons (Fsp3) is 0.467. The van der Waals surface area contributed by atoms with Gasteiger partial charge in [0.25, 0.3) is 0 Å². The molecule has 1 fully saturated rings. The van der Waals surface area contributed by atoms with Gasteiger partial charge in [-0.2, -0.15) is 0 Å². The SMILES string of the molecule is O=C(O)C1CCCN(C(=O)CCSc2ccccc2Cl)C1. The topological polar surface area (TPSA) is 57.6 Å². The van der Waals surface area contributed by atoms with Crippen molar-refractivity contribution in [1.82, 2.24) is 4.90 Å². The van der Waals surface area contributed by atoms with E-state index in [1.807, 2.05) is 24.3 Å². The number of benzene rings is 1. The third kappa shape index (κ3) is 4.64. The van der Waals surface area contributed by atoms with Gasteiger partial charge in [0.1, 0.15) is 0 Å². The number of carbonyl (C=O) groups excluding carboxylic acids is 1. The van der Waals surface area contributed by atoms with Crippen molar-refractivity contribution in [3.05, 3.63) is 29.3 Å². The van der Waals surface area contributed by atoms with Crippen LogP contribution in [0, 0.1) is 5.92 Å². The molecule has 1 aromatic rings. The number of rotatable bonds is 5. The Labute approximate surface area is 133 Å². The number of amides is 1. The van der Waals surface area contributed by atoms with Gasteiger partial charge in [-0.05, 0) is 25.0 Å². The molecule has 0 saturated carbocycles. The van der Waals surface area contributed by atoms with Crippen molar-refractivity contribution in [2.45, 2.75) is 24.2 Å². The van der Waals surface area contributed by atoms with Gasteiger partial charge in [-0.3, -0.25) is 9.59 Å². The van der Waals surface area contributed by atoms with E-state index in [0.717, 1.165) is 11.3 Å². The minimum absolute atomic E-state index is 0.0282. The first-order chi connectivity index (χ1) is 10.1. The van der Waals surface area contributed by atoms with Crippen molar-refractivity contribution >= 4 is 35.2 Å². The molecule has 21 heavy (non-hydrogen) atoms. The Balaban J connectivity index is 1.79. The first kappa shape index (κ1) is 16.2. The molecule has 0 aliphatic carbocycles. The van der Waals surface area contributed by atoms with Gasteiger partial charge in [0, 0.05) is 30.2 Å². The lowest BCUT2D eigenvalue weighted by atomic mass is 9.98. The standard InChI is InChI=1S/C15H18ClNO3S/c16-12-5-1-2-6-13(12)21-9-7-14(18)17-8-3-4-11(10-17)15(19)20/h1-2,5-6,11H,3-4,7-10H2,(H,19,20). The van der Waals surface area contributed by atoms with Crippen LogP contribution in [0.4, 0.5) is 0 Å². The maximum atomic E-state index is 12.1. The van der Waals surface area contributed by atoms with Gasteiger partial charge in [0.2, 0.25) is 5.91 Å². The number of carboxylic acids is 1. The van der Waals surface area contributed by atoms with E-state index in [2.05, 4.69) is 0 Å². The van der Waals surface area contributed by atoms with Crippen LogP contribution in [-0.2, 0) is 9.59 Å². The number of halogens is 1. The van der Waals surface area contributed by atoms with Gasteiger partial charge >= 0.3 is 5.97 Å². The van der Waals surface area contributed by atoms with Crippen molar-refractivity contribution in [1.29, 1.82) is 0 Å². The maximum absolute atomic E-state index is 12.1. The molecule has 114 valence electrons. The number of thioether (sulfide) groups is 1. The molecule has 1 N–H and O–H groups in total. The zero-order valence-corrected chi connectivity index (χ0v) is 13.2. The highest BCUT2D eigenvalue weighted by Gasteiger charge is 2.27. The molecular formula is C15H18ClNO3S. The van der Waals surface area contributed by atoms with E-state index in [-0.39, 0.29) is 5.91 Å². The number of carboxylic acid groups (broad SMARTS) is 1. The lowest BCUT2D eigenvalue weighted by Crippen LogP contribution is -2.42. The number of likely N-dealkylation sites (tertiary alicyclic amines) is 1. The number of aliphatic carboxylic acids is 1. The molecule has 1 aliphatic rings. The maximum Gasteiger partial charge on any atom is 0.308 e. The Morgan fingerprint density at radius 3 is 2.86 bits per heavy atom. The highest BCUT2D eigenvalue weighted by Crippen LogP contribution is 2.27. The highest BCUT2D eigenvalue weighted by atomic mass is 35.5. The average molecular weight is 328 g/mol. The Hall–Kier alpha value is -1.20. The van der Waals surface area contributed by atoms with Crippen LogP contribution in [0.15, 0.2) is 29.2 Å². The molecule has 1 atom stereocenters. The zero-order valence-electron chi connectivity index (χ0n) is 11.6. The third-order valence-electron chi connectivity index (χ3n) is 3.53. The molecule has 1 saturated heterocycles. The van der Waals surface area contributed by atoms with E-state index < -0.39 is 11.9 Å².